The molecule has 0 bridgehead atoms. The Kier molecular flexibility index (Phi) is 7.27. The number of anilines is 1. The lowest BCUT2D eigenvalue weighted by molar-refractivity contribution is -0.144. The molecular weight excluding hydrogens is 506 g/mol. The van der Waals surface area contributed by atoms with Gasteiger partial charge in [0.05, 0.1) is 17.4 Å². The van der Waals surface area contributed by atoms with Crippen molar-refractivity contribution in [2.75, 3.05) is 18.4 Å². The number of urea groups is 1. The fourth-order valence-electron chi connectivity index (χ4n) is 4.58. The summed E-state index contributed by atoms with van der Waals surface area (Å²) in [5.41, 5.74) is 2.78. The number of carbonyl (C=O) groups is 1. The number of nitrogens with one attached hydrogen (secondary N) is 2. The maximum atomic E-state index is 14.0. The number of carbonyl (C=O) groups excluding carboxylic acids is 1. The van der Waals surface area contributed by atoms with Crippen molar-refractivity contribution in [2.45, 2.75) is 26.0 Å². The van der Waals surface area contributed by atoms with Crippen LogP contribution in [0.4, 0.5) is 19.4 Å². The molecule has 0 radical (unpaired) electrons. The second-order valence-electron chi connectivity index (χ2n) is 9.32. The molecule has 0 spiro atoms. The van der Waals surface area contributed by atoms with Gasteiger partial charge in [-0.3, -0.25) is 14.9 Å². The molecule has 202 valence electrons. The van der Waals surface area contributed by atoms with E-state index in [-0.39, 0.29) is 5.56 Å². The van der Waals surface area contributed by atoms with Crippen LogP contribution >= 0.6 is 0 Å². The normalized spacial score (nSPS) is 17.4. The summed E-state index contributed by atoms with van der Waals surface area (Å²) < 4.78 is 30.6. The summed E-state index contributed by atoms with van der Waals surface area (Å²) in [6.45, 7) is 4.60. The van der Waals surface area contributed by atoms with Crippen molar-refractivity contribution in [3.05, 3.63) is 100.0 Å². The van der Waals surface area contributed by atoms with Crippen molar-refractivity contribution in [3.63, 3.8) is 0 Å². The Hall–Kier alpha value is -4.35. The molecular formula is C28H28F2N6O3. The first-order chi connectivity index (χ1) is 18.7. The molecule has 0 unspecified atom stereocenters. The number of amides is 2. The van der Waals surface area contributed by atoms with Crippen LogP contribution in [0.5, 0.6) is 0 Å². The number of hydrogen-bond acceptors (Lipinski definition) is 5. The molecule has 11 heteroatoms. The average Bonchev–Trinajstić information content (AvgIpc) is 3.48. The fourth-order valence-corrected chi connectivity index (χ4v) is 4.58. The second kappa shape index (κ2) is 10.8. The zero-order chi connectivity index (χ0) is 27.7. The van der Waals surface area contributed by atoms with Gasteiger partial charge in [0, 0.05) is 43.5 Å². The maximum absolute atomic E-state index is 14.0. The van der Waals surface area contributed by atoms with Crippen LogP contribution in [-0.4, -0.2) is 44.6 Å². The number of hydroxylamine groups is 2. The van der Waals surface area contributed by atoms with Crippen molar-refractivity contribution in [1.29, 1.82) is 0 Å². The van der Waals surface area contributed by atoms with E-state index in [1.54, 1.807) is 29.1 Å². The number of nitrogens with zero attached hydrogens (tertiary/aromatic N) is 4. The molecule has 2 aromatic carbocycles. The zero-order valence-corrected chi connectivity index (χ0v) is 21.7. The van der Waals surface area contributed by atoms with E-state index in [4.69, 9.17) is 9.94 Å². The summed E-state index contributed by atoms with van der Waals surface area (Å²) in [4.78, 5) is 31.5. The standard InChI is InChI=1S/C28H28F2N6O3/c1-4-35-16-23(26(39-35)19-10-11-21(29)22(30)14-19)31-28(38)32-27-17(2)25(18-12-13-34(3)24(37)15-18)33-36(27)20-8-6-5-7-9-20/h5-15,23,26H,4,16H2,1-3H3,(H2,31,32,38)/t23-,26+/m1/s1. The SMILES string of the molecule is CCN1C[C@@H](NC(=O)Nc2c(C)c(-c3ccn(C)c(=O)c3)nn2-c2ccccc2)[C@H](c2ccc(F)c(F)c2)O1. The highest BCUT2D eigenvalue weighted by molar-refractivity contribution is 5.91. The summed E-state index contributed by atoms with van der Waals surface area (Å²) in [5.74, 6) is -1.52. The number of halogens is 2. The van der Waals surface area contributed by atoms with Gasteiger partial charge >= 0.3 is 6.03 Å². The Morgan fingerprint density at radius 3 is 2.56 bits per heavy atom. The molecule has 5 rings (SSSR count). The molecule has 2 amide bonds. The van der Waals surface area contributed by atoms with E-state index < -0.39 is 29.8 Å². The van der Waals surface area contributed by atoms with Gasteiger partial charge in [0.15, 0.2) is 11.6 Å². The molecule has 2 atom stereocenters. The Morgan fingerprint density at radius 1 is 1.10 bits per heavy atom. The second-order valence-corrected chi connectivity index (χ2v) is 9.32. The molecule has 1 aliphatic rings. The third kappa shape index (κ3) is 5.31. The van der Waals surface area contributed by atoms with Gasteiger partial charge in [-0.15, -0.1) is 0 Å². The molecule has 3 heterocycles. The zero-order valence-electron chi connectivity index (χ0n) is 21.7. The van der Waals surface area contributed by atoms with Crippen LogP contribution in [0.1, 0.15) is 24.2 Å². The number of aryl methyl sites for hydroxylation is 1. The minimum Gasteiger partial charge on any atom is -0.331 e. The van der Waals surface area contributed by atoms with Crippen LogP contribution in [0.15, 0.2) is 71.7 Å². The number of rotatable bonds is 6. The minimum atomic E-state index is -0.986. The lowest BCUT2D eigenvalue weighted by Gasteiger charge is -2.20. The third-order valence-electron chi connectivity index (χ3n) is 6.70. The van der Waals surface area contributed by atoms with Crippen molar-refractivity contribution >= 4 is 11.8 Å². The molecule has 2 N–H and O–H groups in total. The van der Waals surface area contributed by atoms with Crippen LogP contribution in [0.3, 0.4) is 0 Å². The number of para-hydroxylation sites is 1. The van der Waals surface area contributed by atoms with Gasteiger partial charge in [0.1, 0.15) is 11.9 Å². The molecule has 1 fully saturated rings. The summed E-state index contributed by atoms with van der Waals surface area (Å²) in [6, 6.07) is 15.1. The van der Waals surface area contributed by atoms with Gasteiger partial charge in [-0.1, -0.05) is 31.2 Å². The maximum Gasteiger partial charge on any atom is 0.320 e. The van der Waals surface area contributed by atoms with E-state index in [1.165, 1.54) is 16.7 Å². The first-order valence-electron chi connectivity index (χ1n) is 12.5. The van der Waals surface area contributed by atoms with Gasteiger partial charge in [-0.2, -0.15) is 10.2 Å². The number of aromatic nitrogens is 3. The largest absolute Gasteiger partial charge is 0.331 e. The van der Waals surface area contributed by atoms with Gasteiger partial charge in [-0.05, 0) is 42.8 Å². The molecule has 9 nitrogen and oxygen atoms in total. The first kappa shape index (κ1) is 26.3. The summed E-state index contributed by atoms with van der Waals surface area (Å²) in [5, 5.41) is 12.2. The van der Waals surface area contributed by atoms with Gasteiger partial charge in [0.2, 0.25) is 0 Å². The van der Waals surface area contributed by atoms with Gasteiger partial charge in [-0.25, -0.2) is 18.3 Å². The predicted molar refractivity (Wildman–Crippen MR) is 142 cm³/mol. The topological polar surface area (TPSA) is 93.4 Å². The molecule has 4 aromatic rings. The summed E-state index contributed by atoms with van der Waals surface area (Å²) >= 11 is 0. The van der Waals surface area contributed by atoms with Crippen LogP contribution < -0.4 is 16.2 Å². The van der Waals surface area contributed by atoms with E-state index in [9.17, 15) is 18.4 Å². The van der Waals surface area contributed by atoms with E-state index in [2.05, 4.69) is 10.6 Å². The number of pyridine rings is 1. The third-order valence-corrected chi connectivity index (χ3v) is 6.70. The van der Waals surface area contributed by atoms with Crippen LogP contribution in [0.25, 0.3) is 16.9 Å². The number of hydrogen-bond donors (Lipinski definition) is 2. The van der Waals surface area contributed by atoms with E-state index in [0.29, 0.717) is 47.0 Å². The molecule has 0 saturated carbocycles. The van der Waals surface area contributed by atoms with Crippen molar-refractivity contribution in [1.82, 2.24) is 24.7 Å². The fraction of sp³-hybridized carbons (Fsp3) is 0.250. The Bertz CT molecular complexity index is 1570. The Balaban J connectivity index is 1.45. The molecule has 1 saturated heterocycles. The van der Waals surface area contributed by atoms with Crippen LogP contribution in [-0.2, 0) is 11.9 Å². The predicted octanol–water partition coefficient (Wildman–Crippen LogP) is 4.32. The lowest BCUT2D eigenvalue weighted by atomic mass is 10.0. The molecule has 39 heavy (non-hydrogen) atoms. The highest BCUT2D eigenvalue weighted by Crippen LogP contribution is 2.32. The van der Waals surface area contributed by atoms with Crippen molar-refractivity contribution in [2.24, 2.45) is 7.05 Å². The van der Waals surface area contributed by atoms with Crippen molar-refractivity contribution in [3.8, 4) is 16.9 Å². The lowest BCUT2D eigenvalue weighted by Crippen LogP contribution is -2.42. The monoisotopic (exact) mass is 534 g/mol. The summed E-state index contributed by atoms with van der Waals surface area (Å²) in [6.07, 6.45) is 0.957. The minimum absolute atomic E-state index is 0.182. The van der Waals surface area contributed by atoms with Gasteiger partial charge < -0.3 is 9.88 Å². The van der Waals surface area contributed by atoms with Crippen LogP contribution in [0, 0.1) is 18.6 Å². The molecule has 1 aliphatic heterocycles. The average molecular weight is 535 g/mol. The summed E-state index contributed by atoms with van der Waals surface area (Å²) in [7, 11) is 1.67. The van der Waals surface area contributed by atoms with E-state index in [1.807, 2.05) is 44.2 Å². The van der Waals surface area contributed by atoms with Gasteiger partial charge in [0.25, 0.3) is 5.56 Å². The Morgan fingerprint density at radius 2 is 1.87 bits per heavy atom. The van der Waals surface area contributed by atoms with Crippen LogP contribution in [0.2, 0.25) is 0 Å². The number of likely N-dealkylation sites (N-methyl/N-ethyl adjacent to an activating group) is 1. The number of benzene rings is 2. The smallest absolute Gasteiger partial charge is 0.320 e. The van der Waals surface area contributed by atoms with E-state index in [0.717, 1.165) is 12.1 Å². The highest BCUT2D eigenvalue weighted by Gasteiger charge is 2.36. The Labute approximate surface area is 223 Å². The quantitative estimate of drug-likeness (QED) is 0.384. The van der Waals surface area contributed by atoms with Crippen molar-refractivity contribution < 1.29 is 18.4 Å². The molecule has 0 aliphatic carbocycles. The van der Waals surface area contributed by atoms with E-state index >= 15 is 0 Å². The first-order valence-corrected chi connectivity index (χ1v) is 12.5. The molecule has 2 aromatic heterocycles. The highest BCUT2D eigenvalue weighted by atomic mass is 19.2.